The van der Waals surface area contributed by atoms with Crippen LogP contribution in [0.4, 0.5) is 5.69 Å². The fraction of sp³-hybridized carbons (Fsp3) is 0.154. The van der Waals surface area contributed by atoms with Gasteiger partial charge in [-0.1, -0.05) is 42.0 Å². The van der Waals surface area contributed by atoms with E-state index in [1.165, 1.54) is 14.2 Å². The van der Waals surface area contributed by atoms with Gasteiger partial charge < -0.3 is 14.4 Å². The lowest BCUT2D eigenvalue weighted by Crippen LogP contribution is -2.39. The van der Waals surface area contributed by atoms with E-state index in [-0.39, 0.29) is 11.3 Å². The van der Waals surface area contributed by atoms with Crippen molar-refractivity contribution in [1.29, 1.82) is 0 Å². The molecule has 7 nitrogen and oxygen atoms in total. The summed E-state index contributed by atoms with van der Waals surface area (Å²) in [6, 6.07) is 13.3. The van der Waals surface area contributed by atoms with Gasteiger partial charge in [0.05, 0.1) is 37.0 Å². The standard InChI is InChI=1S/C26H19ClN2O5/c1-33-25(31)19-18-12-9-15-6-5-14-4-3-13-28-21(14)22(15)29(18)23(20(19)26(32)34-2)24(30)16-7-10-17(27)11-8-16/h3-13,18-19H,1-2H3/t18-,19+/m0/s1. The van der Waals surface area contributed by atoms with Gasteiger partial charge in [0.15, 0.2) is 0 Å². The molecule has 0 saturated heterocycles. The van der Waals surface area contributed by atoms with Gasteiger partial charge in [-0.25, -0.2) is 4.79 Å². The van der Waals surface area contributed by atoms with Crippen molar-refractivity contribution in [3.05, 3.63) is 88.2 Å². The highest BCUT2D eigenvalue weighted by atomic mass is 35.5. The van der Waals surface area contributed by atoms with Crippen LogP contribution in [0.25, 0.3) is 17.0 Å². The molecule has 1 aromatic heterocycles. The quantitative estimate of drug-likeness (QED) is 0.413. The van der Waals surface area contributed by atoms with E-state index in [0.717, 1.165) is 10.9 Å². The summed E-state index contributed by atoms with van der Waals surface area (Å²) in [6.45, 7) is 0. The number of halogens is 1. The Morgan fingerprint density at radius 3 is 2.47 bits per heavy atom. The molecule has 0 radical (unpaired) electrons. The van der Waals surface area contributed by atoms with Crippen LogP contribution in [0.3, 0.4) is 0 Å². The highest BCUT2D eigenvalue weighted by Gasteiger charge is 2.51. The minimum Gasteiger partial charge on any atom is -0.468 e. The Kier molecular flexibility index (Phi) is 5.42. The molecule has 2 aliphatic rings. The zero-order valence-electron chi connectivity index (χ0n) is 18.3. The van der Waals surface area contributed by atoms with Crippen LogP contribution in [-0.2, 0) is 19.1 Å². The van der Waals surface area contributed by atoms with Gasteiger partial charge in [0.1, 0.15) is 11.6 Å². The zero-order valence-corrected chi connectivity index (χ0v) is 19.1. The minimum absolute atomic E-state index is 0.0512. The largest absolute Gasteiger partial charge is 0.468 e. The van der Waals surface area contributed by atoms with E-state index in [2.05, 4.69) is 4.98 Å². The van der Waals surface area contributed by atoms with Crippen molar-refractivity contribution in [2.24, 2.45) is 5.92 Å². The second-order valence-electron chi connectivity index (χ2n) is 7.89. The number of pyridine rings is 1. The van der Waals surface area contributed by atoms with Gasteiger partial charge in [-0.05, 0) is 30.3 Å². The summed E-state index contributed by atoms with van der Waals surface area (Å²) in [6.07, 6.45) is 5.32. The van der Waals surface area contributed by atoms with Gasteiger partial charge in [0.2, 0.25) is 5.78 Å². The van der Waals surface area contributed by atoms with Crippen LogP contribution in [0.15, 0.2) is 72.1 Å². The summed E-state index contributed by atoms with van der Waals surface area (Å²) in [5.41, 5.74) is 2.40. The first-order chi connectivity index (χ1) is 16.5. The summed E-state index contributed by atoms with van der Waals surface area (Å²) in [5.74, 6) is -2.92. The van der Waals surface area contributed by atoms with Gasteiger partial charge in [-0.3, -0.25) is 14.6 Å². The number of hydrogen-bond donors (Lipinski definition) is 0. The van der Waals surface area contributed by atoms with E-state index >= 15 is 0 Å². The number of anilines is 1. The van der Waals surface area contributed by atoms with Crippen molar-refractivity contribution < 1.29 is 23.9 Å². The number of benzene rings is 2. The maximum Gasteiger partial charge on any atom is 0.336 e. The highest BCUT2D eigenvalue weighted by Crippen LogP contribution is 2.47. The topological polar surface area (TPSA) is 85.8 Å². The van der Waals surface area contributed by atoms with Crippen LogP contribution < -0.4 is 4.90 Å². The Morgan fingerprint density at radius 2 is 1.76 bits per heavy atom. The average molecular weight is 475 g/mol. The number of aromatic nitrogens is 1. The first kappa shape index (κ1) is 21.9. The molecule has 0 amide bonds. The summed E-state index contributed by atoms with van der Waals surface area (Å²) < 4.78 is 10.1. The first-order valence-electron chi connectivity index (χ1n) is 10.5. The molecule has 3 aromatic rings. The normalized spacial score (nSPS) is 18.5. The summed E-state index contributed by atoms with van der Waals surface area (Å²) >= 11 is 6.02. The van der Waals surface area contributed by atoms with Crippen molar-refractivity contribution in [3.8, 4) is 0 Å². The maximum absolute atomic E-state index is 13.9. The Hall–Kier alpha value is -3.97. The molecule has 2 aromatic carbocycles. The van der Waals surface area contributed by atoms with Crippen LogP contribution >= 0.6 is 11.6 Å². The van der Waals surface area contributed by atoms with Crippen molar-refractivity contribution >= 4 is 52.0 Å². The molecule has 0 saturated carbocycles. The predicted molar refractivity (Wildman–Crippen MR) is 127 cm³/mol. The van der Waals surface area contributed by atoms with Crippen molar-refractivity contribution in [3.63, 3.8) is 0 Å². The second-order valence-corrected chi connectivity index (χ2v) is 8.33. The fourth-order valence-corrected chi connectivity index (χ4v) is 4.75. The van der Waals surface area contributed by atoms with E-state index < -0.39 is 29.7 Å². The van der Waals surface area contributed by atoms with Crippen molar-refractivity contribution in [2.45, 2.75) is 6.04 Å². The molecular formula is C26H19ClN2O5. The third-order valence-corrected chi connectivity index (χ3v) is 6.37. The number of nitrogens with zero attached hydrogens (tertiary/aromatic N) is 2. The molecule has 2 aliphatic heterocycles. The van der Waals surface area contributed by atoms with Crippen LogP contribution in [-0.4, -0.2) is 43.0 Å². The molecule has 0 fully saturated rings. The lowest BCUT2D eigenvalue weighted by Gasteiger charge is -2.34. The Balaban J connectivity index is 1.83. The Bertz CT molecular complexity index is 1410. The van der Waals surface area contributed by atoms with Crippen LogP contribution in [0.2, 0.25) is 5.02 Å². The lowest BCUT2D eigenvalue weighted by molar-refractivity contribution is -0.147. The van der Waals surface area contributed by atoms with Crippen LogP contribution in [0.5, 0.6) is 0 Å². The molecule has 170 valence electrons. The molecule has 2 atom stereocenters. The smallest absolute Gasteiger partial charge is 0.336 e. The number of rotatable bonds is 4. The molecule has 34 heavy (non-hydrogen) atoms. The summed E-state index contributed by atoms with van der Waals surface area (Å²) in [5, 5.41) is 1.33. The Morgan fingerprint density at radius 1 is 1.00 bits per heavy atom. The molecule has 0 unspecified atom stereocenters. The third kappa shape index (κ3) is 3.28. The van der Waals surface area contributed by atoms with Gasteiger partial charge in [-0.2, -0.15) is 0 Å². The van der Waals surface area contributed by atoms with E-state index in [1.54, 1.807) is 41.4 Å². The average Bonchev–Trinajstić information content (AvgIpc) is 3.22. The number of carbonyl (C=O) groups excluding carboxylic acids is 3. The zero-order chi connectivity index (χ0) is 24.0. The van der Waals surface area contributed by atoms with E-state index in [9.17, 15) is 14.4 Å². The molecule has 0 bridgehead atoms. The van der Waals surface area contributed by atoms with E-state index in [1.807, 2.05) is 30.3 Å². The SMILES string of the molecule is COC(=O)C1=C(C(=O)c2ccc(Cl)cc2)N2c3c(ccc4cccnc34)C=C[C@H]2[C@H]1C(=O)OC. The number of hydrogen-bond acceptors (Lipinski definition) is 7. The fourth-order valence-electron chi connectivity index (χ4n) is 4.63. The van der Waals surface area contributed by atoms with Gasteiger partial charge >= 0.3 is 11.9 Å². The lowest BCUT2D eigenvalue weighted by atomic mass is 9.91. The highest BCUT2D eigenvalue weighted by molar-refractivity contribution is 6.30. The summed E-state index contributed by atoms with van der Waals surface area (Å²) in [7, 11) is 2.46. The number of ether oxygens (including phenoxy) is 2. The van der Waals surface area contributed by atoms with Crippen molar-refractivity contribution in [2.75, 3.05) is 19.1 Å². The number of fused-ring (bicyclic) bond motifs is 5. The molecule has 3 heterocycles. The molecule has 0 N–H and O–H groups in total. The van der Waals surface area contributed by atoms with Gasteiger partial charge in [0, 0.05) is 27.7 Å². The van der Waals surface area contributed by atoms with Gasteiger partial charge in [0.25, 0.3) is 0 Å². The first-order valence-corrected chi connectivity index (χ1v) is 10.9. The van der Waals surface area contributed by atoms with Crippen molar-refractivity contribution in [1.82, 2.24) is 4.98 Å². The maximum atomic E-state index is 13.9. The Labute approximate surface area is 200 Å². The predicted octanol–water partition coefficient (Wildman–Crippen LogP) is 4.20. The third-order valence-electron chi connectivity index (χ3n) is 6.12. The second kappa shape index (κ2) is 8.43. The number of allylic oxidation sites excluding steroid dienone is 1. The monoisotopic (exact) mass is 474 g/mol. The number of methoxy groups -OCH3 is 2. The number of ketones is 1. The van der Waals surface area contributed by atoms with Crippen LogP contribution in [0, 0.1) is 5.92 Å². The molecule has 0 aliphatic carbocycles. The molecular weight excluding hydrogens is 456 g/mol. The molecule has 5 rings (SSSR count). The van der Waals surface area contributed by atoms with E-state index in [4.69, 9.17) is 21.1 Å². The number of Topliss-reactive ketones (excluding diaryl/α,β-unsaturated/α-hetero) is 1. The minimum atomic E-state index is -1.06. The number of esters is 2. The van der Waals surface area contributed by atoms with Gasteiger partial charge in [-0.15, -0.1) is 0 Å². The van der Waals surface area contributed by atoms with Crippen LogP contribution in [0.1, 0.15) is 15.9 Å². The number of carbonyl (C=O) groups is 3. The summed E-state index contributed by atoms with van der Waals surface area (Å²) in [4.78, 5) is 46.2. The van der Waals surface area contributed by atoms with E-state index in [0.29, 0.717) is 21.8 Å². The molecule has 8 heteroatoms. The molecule has 0 spiro atoms.